The molecule has 0 amide bonds. The summed E-state index contributed by atoms with van der Waals surface area (Å²) in [5.74, 6) is 2.59. The van der Waals surface area contributed by atoms with Gasteiger partial charge in [-0.1, -0.05) is 29.8 Å². The number of hydrogen-bond donors (Lipinski definition) is 1. The average Bonchev–Trinajstić information content (AvgIpc) is 2.21. The Morgan fingerprint density at radius 3 is 2.59 bits per heavy atom. The van der Waals surface area contributed by atoms with E-state index in [1.807, 2.05) is 12.1 Å². The maximum absolute atomic E-state index is 5.26. The van der Waals surface area contributed by atoms with Gasteiger partial charge in [-0.2, -0.15) is 0 Å². The highest BCUT2D eigenvalue weighted by atomic mass is 79.9. The number of rotatable bonds is 4. The highest BCUT2D eigenvalue weighted by Crippen LogP contribution is 2.36. The van der Waals surface area contributed by atoms with Crippen molar-refractivity contribution < 1.29 is 4.74 Å². The van der Waals surface area contributed by atoms with Gasteiger partial charge in [0.1, 0.15) is 5.75 Å². The van der Waals surface area contributed by atoms with Crippen LogP contribution in [-0.4, -0.2) is 13.2 Å². The van der Waals surface area contributed by atoms with E-state index in [1.165, 1.54) is 12.8 Å². The molecule has 1 aliphatic carbocycles. The molecular formula is C14H20BrNO. The molecule has 2 nitrogen and oxygen atoms in total. The molecule has 0 aliphatic heterocycles. The minimum atomic E-state index is 0.626. The van der Waals surface area contributed by atoms with Crippen LogP contribution in [-0.2, 0) is 0 Å². The zero-order valence-corrected chi connectivity index (χ0v) is 12.3. The van der Waals surface area contributed by atoms with Gasteiger partial charge in [-0.05, 0) is 36.8 Å². The van der Waals surface area contributed by atoms with Gasteiger partial charge >= 0.3 is 0 Å². The first-order valence-electron chi connectivity index (χ1n) is 6.19. The number of nitrogens with one attached hydrogen (secondary N) is 1. The molecule has 1 fully saturated rings. The van der Waals surface area contributed by atoms with E-state index in [2.05, 4.69) is 41.2 Å². The predicted octanol–water partition coefficient (Wildman–Crippen LogP) is 4.30. The van der Waals surface area contributed by atoms with E-state index in [-0.39, 0.29) is 0 Å². The smallest absolute Gasteiger partial charge is 0.122 e. The molecule has 1 aromatic rings. The molecule has 0 aromatic heterocycles. The number of halogens is 1. The molecule has 3 heteroatoms. The molecule has 0 saturated heterocycles. The quantitative estimate of drug-likeness (QED) is 0.894. The van der Waals surface area contributed by atoms with Gasteiger partial charge in [0.15, 0.2) is 0 Å². The standard InChI is InChI=1S/C14H20BrNO/c1-9(2)10-4-12(5-10)16-13-6-11(15)7-14(8-13)17-3/h6-10,12,16H,4-5H2,1-3H3. The Balaban J connectivity index is 1.94. The summed E-state index contributed by atoms with van der Waals surface area (Å²) in [7, 11) is 1.70. The monoisotopic (exact) mass is 297 g/mol. The maximum Gasteiger partial charge on any atom is 0.122 e. The van der Waals surface area contributed by atoms with Crippen molar-refractivity contribution >= 4 is 21.6 Å². The van der Waals surface area contributed by atoms with Gasteiger partial charge in [0.25, 0.3) is 0 Å². The summed E-state index contributed by atoms with van der Waals surface area (Å²) in [6.45, 7) is 4.62. The van der Waals surface area contributed by atoms with Gasteiger partial charge in [0.2, 0.25) is 0 Å². The highest BCUT2D eigenvalue weighted by molar-refractivity contribution is 9.10. The lowest BCUT2D eigenvalue weighted by Gasteiger charge is -2.39. The van der Waals surface area contributed by atoms with E-state index in [4.69, 9.17) is 4.74 Å². The fourth-order valence-corrected chi connectivity index (χ4v) is 2.80. The second-order valence-electron chi connectivity index (χ2n) is 5.20. The third-order valence-corrected chi connectivity index (χ3v) is 4.05. The molecule has 0 bridgehead atoms. The highest BCUT2D eigenvalue weighted by Gasteiger charge is 2.30. The van der Waals surface area contributed by atoms with Gasteiger partial charge in [0, 0.05) is 22.3 Å². The summed E-state index contributed by atoms with van der Waals surface area (Å²) in [5, 5.41) is 3.57. The van der Waals surface area contributed by atoms with E-state index in [0.29, 0.717) is 6.04 Å². The van der Waals surface area contributed by atoms with Crippen molar-refractivity contribution in [3.63, 3.8) is 0 Å². The average molecular weight is 298 g/mol. The fourth-order valence-electron chi connectivity index (χ4n) is 2.32. The van der Waals surface area contributed by atoms with Crippen LogP contribution in [0.2, 0.25) is 0 Å². The summed E-state index contributed by atoms with van der Waals surface area (Å²) in [6.07, 6.45) is 2.57. The molecule has 2 rings (SSSR count). The van der Waals surface area contributed by atoms with Gasteiger partial charge in [-0.15, -0.1) is 0 Å². The van der Waals surface area contributed by atoms with Crippen molar-refractivity contribution in [3.05, 3.63) is 22.7 Å². The SMILES string of the molecule is COc1cc(Br)cc(NC2CC(C(C)C)C2)c1. The lowest BCUT2D eigenvalue weighted by Crippen LogP contribution is -2.37. The Bertz CT molecular complexity index is 386. The molecule has 0 spiro atoms. The number of methoxy groups -OCH3 is 1. The third kappa shape index (κ3) is 3.15. The molecule has 1 aromatic carbocycles. The minimum Gasteiger partial charge on any atom is -0.497 e. The molecule has 94 valence electrons. The van der Waals surface area contributed by atoms with E-state index in [9.17, 15) is 0 Å². The van der Waals surface area contributed by atoms with Gasteiger partial charge < -0.3 is 10.1 Å². The molecule has 0 heterocycles. The molecule has 1 N–H and O–H groups in total. The van der Waals surface area contributed by atoms with Crippen LogP contribution in [0.25, 0.3) is 0 Å². The van der Waals surface area contributed by atoms with Crippen LogP contribution in [0, 0.1) is 11.8 Å². The summed E-state index contributed by atoms with van der Waals surface area (Å²) in [6, 6.07) is 6.75. The van der Waals surface area contributed by atoms with E-state index >= 15 is 0 Å². The molecule has 1 saturated carbocycles. The van der Waals surface area contributed by atoms with Crippen LogP contribution >= 0.6 is 15.9 Å². The lowest BCUT2D eigenvalue weighted by molar-refractivity contribution is 0.212. The molecule has 0 atom stereocenters. The van der Waals surface area contributed by atoms with Crippen molar-refractivity contribution in [2.45, 2.75) is 32.7 Å². The predicted molar refractivity (Wildman–Crippen MR) is 75.7 cm³/mol. The number of benzene rings is 1. The number of ether oxygens (including phenoxy) is 1. The second kappa shape index (κ2) is 5.30. The van der Waals surface area contributed by atoms with Crippen LogP contribution in [0.5, 0.6) is 5.75 Å². The fraction of sp³-hybridized carbons (Fsp3) is 0.571. The summed E-state index contributed by atoms with van der Waals surface area (Å²) in [4.78, 5) is 0. The lowest BCUT2D eigenvalue weighted by atomic mass is 9.73. The van der Waals surface area contributed by atoms with Crippen LogP contribution < -0.4 is 10.1 Å². The number of hydrogen-bond acceptors (Lipinski definition) is 2. The third-order valence-electron chi connectivity index (χ3n) is 3.60. The molecule has 0 radical (unpaired) electrons. The van der Waals surface area contributed by atoms with Crippen molar-refractivity contribution in [1.29, 1.82) is 0 Å². The Hall–Kier alpha value is -0.700. The van der Waals surface area contributed by atoms with Crippen LogP contribution in [0.1, 0.15) is 26.7 Å². The topological polar surface area (TPSA) is 21.3 Å². The molecular weight excluding hydrogens is 278 g/mol. The second-order valence-corrected chi connectivity index (χ2v) is 6.11. The zero-order chi connectivity index (χ0) is 12.4. The van der Waals surface area contributed by atoms with Gasteiger partial charge in [-0.3, -0.25) is 0 Å². The Kier molecular flexibility index (Phi) is 3.97. The maximum atomic E-state index is 5.26. The van der Waals surface area contributed by atoms with Crippen LogP contribution in [0.3, 0.4) is 0 Å². The Morgan fingerprint density at radius 2 is 2.00 bits per heavy atom. The molecule has 1 aliphatic rings. The van der Waals surface area contributed by atoms with E-state index in [0.717, 1.165) is 27.7 Å². The summed E-state index contributed by atoms with van der Waals surface area (Å²) >= 11 is 3.50. The first kappa shape index (κ1) is 12.7. The van der Waals surface area contributed by atoms with E-state index < -0.39 is 0 Å². The summed E-state index contributed by atoms with van der Waals surface area (Å²) in [5.41, 5.74) is 1.14. The van der Waals surface area contributed by atoms with Crippen molar-refractivity contribution in [2.75, 3.05) is 12.4 Å². The van der Waals surface area contributed by atoms with Crippen molar-refractivity contribution in [2.24, 2.45) is 11.8 Å². The van der Waals surface area contributed by atoms with E-state index in [1.54, 1.807) is 7.11 Å². The van der Waals surface area contributed by atoms with Crippen molar-refractivity contribution in [3.8, 4) is 5.75 Å². The molecule has 0 unspecified atom stereocenters. The van der Waals surface area contributed by atoms with Gasteiger partial charge in [0.05, 0.1) is 7.11 Å². The first-order chi connectivity index (χ1) is 8.08. The Morgan fingerprint density at radius 1 is 1.29 bits per heavy atom. The van der Waals surface area contributed by atoms with Crippen LogP contribution in [0.4, 0.5) is 5.69 Å². The minimum absolute atomic E-state index is 0.626. The normalized spacial score (nSPS) is 23.4. The summed E-state index contributed by atoms with van der Waals surface area (Å²) < 4.78 is 6.31. The first-order valence-corrected chi connectivity index (χ1v) is 6.99. The van der Waals surface area contributed by atoms with Crippen LogP contribution in [0.15, 0.2) is 22.7 Å². The Labute approximate surface area is 112 Å². The molecule has 17 heavy (non-hydrogen) atoms. The number of anilines is 1. The van der Waals surface area contributed by atoms with Gasteiger partial charge in [-0.25, -0.2) is 0 Å². The zero-order valence-electron chi connectivity index (χ0n) is 10.7. The largest absolute Gasteiger partial charge is 0.497 e. The van der Waals surface area contributed by atoms with Crippen molar-refractivity contribution in [1.82, 2.24) is 0 Å².